The summed E-state index contributed by atoms with van der Waals surface area (Å²) in [5.74, 6) is -0.997. The van der Waals surface area contributed by atoms with Gasteiger partial charge in [0, 0.05) is 18.5 Å². The molecule has 0 aromatic carbocycles. The summed E-state index contributed by atoms with van der Waals surface area (Å²) in [4.78, 5) is 32.7. The molecule has 0 aliphatic carbocycles. The molecular formula is C16H16ClF3N4O3. The van der Waals surface area contributed by atoms with Crippen molar-refractivity contribution in [3.63, 3.8) is 0 Å². The number of rotatable bonds is 4. The van der Waals surface area contributed by atoms with Crippen molar-refractivity contribution in [3.8, 4) is 0 Å². The zero-order valence-corrected chi connectivity index (χ0v) is 14.9. The highest BCUT2D eigenvalue weighted by atomic mass is 35.5. The summed E-state index contributed by atoms with van der Waals surface area (Å²) in [5, 5.41) is 3.50. The van der Waals surface area contributed by atoms with E-state index < -0.39 is 30.3 Å². The van der Waals surface area contributed by atoms with Crippen LogP contribution in [0.3, 0.4) is 0 Å². The standard InChI is InChI=1S/C16H16ClF3N4O3/c1-8(15(26)24-3-2-10(7-24)27-16(18,19)20)22-14(25)11-4-9-5-13(17)21-6-12(9)23-11/h4-6,8,10,23H,2-3,7H2,1H3,(H,22,25)/t8-,10+/m1/s1. The first-order valence-electron chi connectivity index (χ1n) is 8.11. The minimum absolute atomic E-state index is 0.0850. The Labute approximate surface area is 156 Å². The lowest BCUT2D eigenvalue weighted by molar-refractivity contribution is -0.340. The highest BCUT2D eigenvalue weighted by molar-refractivity contribution is 6.30. The fourth-order valence-electron chi connectivity index (χ4n) is 2.95. The molecule has 1 aliphatic heterocycles. The van der Waals surface area contributed by atoms with E-state index in [4.69, 9.17) is 11.6 Å². The van der Waals surface area contributed by atoms with Crippen LogP contribution in [0, 0.1) is 0 Å². The number of H-pyrrole nitrogens is 1. The minimum atomic E-state index is -4.74. The number of hydrogen-bond acceptors (Lipinski definition) is 4. The van der Waals surface area contributed by atoms with Crippen LogP contribution in [0.5, 0.6) is 0 Å². The highest BCUT2D eigenvalue weighted by Gasteiger charge is 2.38. The van der Waals surface area contributed by atoms with Crippen molar-refractivity contribution in [2.75, 3.05) is 13.1 Å². The molecule has 3 rings (SSSR count). The van der Waals surface area contributed by atoms with Crippen LogP contribution < -0.4 is 5.32 Å². The molecule has 3 heterocycles. The predicted octanol–water partition coefficient (Wildman–Crippen LogP) is 2.47. The molecule has 2 aromatic heterocycles. The van der Waals surface area contributed by atoms with Gasteiger partial charge in [-0.3, -0.25) is 14.3 Å². The lowest BCUT2D eigenvalue weighted by Crippen LogP contribution is -2.46. The van der Waals surface area contributed by atoms with Crippen LogP contribution in [-0.4, -0.2) is 58.3 Å². The molecule has 146 valence electrons. The number of aromatic nitrogens is 2. The van der Waals surface area contributed by atoms with Crippen LogP contribution in [0.4, 0.5) is 13.2 Å². The van der Waals surface area contributed by atoms with Gasteiger partial charge in [-0.05, 0) is 25.5 Å². The Morgan fingerprint density at radius 3 is 2.89 bits per heavy atom. The van der Waals surface area contributed by atoms with Gasteiger partial charge in [0.1, 0.15) is 16.9 Å². The fraction of sp³-hybridized carbons (Fsp3) is 0.438. The van der Waals surface area contributed by atoms with Gasteiger partial charge >= 0.3 is 6.36 Å². The lowest BCUT2D eigenvalue weighted by atomic mass is 10.2. The molecule has 2 amide bonds. The minimum Gasteiger partial charge on any atom is -0.349 e. The third-order valence-electron chi connectivity index (χ3n) is 4.19. The molecular weight excluding hydrogens is 389 g/mol. The van der Waals surface area contributed by atoms with Gasteiger partial charge in [0.25, 0.3) is 5.91 Å². The second-order valence-electron chi connectivity index (χ2n) is 6.23. The summed E-state index contributed by atoms with van der Waals surface area (Å²) in [7, 11) is 0. The molecule has 7 nitrogen and oxygen atoms in total. The number of hydrogen-bond donors (Lipinski definition) is 2. The molecule has 1 fully saturated rings. The summed E-state index contributed by atoms with van der Waals surface area (Å²) in [6, 6.07) is 2.25. The third-order valence-corrected chi connectivity index (χ3v) is 4.40. The van der Waals surface area contributed by atoms with E-state index in [0.29, 0.717) is 10.9 Å². The SMILES string of the molecule is C[C@@H](NC(=O)c1cc2cc(Cl)ncc2[nH]1)C(=O)N1CC[C@H](OC(F)(F)F)C1. The molecule has 0 saturated carbocycles. The summed E-state index contributed by atoms with van der Waals surface area (Å²) in [6.07, 6.45) is -4.27. The second kappa shape index (κ2) is 7.35. The summed E-state index contributed by atoms with van der Waals surface area (Å²) < 4.78 is 40.8. The van der Waals surface area contributed by atoms with Crippen LogP contribution >= 0.6 is 11.6 Å². The molecule has 2 atom stereocenters. The van der Waals surface area contributed by atoms with E-state index in [1.54, 1.807) is 12.1 Å². The number of amides is 2. The van der Waals surface area contributed by atoms with Gasteiger partial charge < -0.3 is 15.2 Å². The van der Waals surface area contributed by atoms with Crippen molar-refractivity contribution in [3.05, 3.63) is 29.2 Å². The predicted molar refractivity (Wildman–Crippen MR) is 90.2 cm³/mol. The Balaban J connectivity index is 1.59. The monoisotopic (exact) mass is 404 g/mol. The second-order valence-corrected chi connectivity index (χ2v) is 6.62. The summed E-state index contributed by atoms with van der Waals surface area (Å²) >= 11 is 5.80. The first-order chi connectivity index (χ1) is 12.6. The maximum absolute atomic E-state index is 12.4. The van der Waals surface area contributed by atoms with Crippen molar-refractivity contribution in [2.45, 2.75) is 31.9 Å². The van der Waals surface area contributed by atoms with Gasteiger partial charge in [-0.15, -0.1) is 13.2 Å². The smallest absolute Gasteiger partial charge is 0.349 e. The number of pyridine rings is 1. The molecule has 0 bridgehead atoms. The Hall–Kier alpha value is -2.33. The summed E-state index contributed by atoms with van der Waals surface area (Å²) in [6.45, 7) is 1.44. The first-order valence-corrected chi connectivity index (χ1v) is 8.48. The van der Waals surface area contributed by atoms with E-state index in [9.17, 15) is 22.8 Å². The molecule has 0 unspecified atom stereocenters. The van der Waals surface area contributed by atoms with Gasteiger partial charge in [0.05, 0.1) is 17.8 Å². The van der Waals surface area contributed by atoms with E-state index in [0.717, 1.165) is 0 Å². The molecule has 2 aromatic rings. The van der Waals surface area contributed by atoms with Crippen LogP contribution in [0.1, 0.15) is 23.8 Å². The molecule has 1 saturated heterocycles. The average Bonchev–Trinajstić information content (AvgIpc) is 3.18. The number of fused-ring (bicyclic) bond motifs is 1. The number of carbonyl (C=O) groups is 2. The van der Waals surface area contributed by atoms with Gasteiger partial charge in [-0.1, -0.05) is 11.6 Å². The Kier molecular flexibility index (Phi) is 5.29. The van der Waals surface area contributed by atoms with E-state index in [1.807, 2.05) is 0 Å². The lowest BCUT2D eigenvalue weighted by Gasteiger charge is -2.21. The third kappa shape index (κ3) is 4.69. The summed E-state index contributed by atoms with van der Waals surface area (Å²) in [5.41, 5.74) is 0.823. The number of halogens is 4. The molecule has 0 spiro atoms. The number of nitrogens with zero attached hydrogens (tertiary/aromatic N) is 2. The van der Waals surface area contributed by atoms with Gasteiger partial charge in [0.2, 0.25) is 5.91 Å². The molecule has 11 heteroatoms. The quantitative estimate of drug-likeness (QED) is 0.766. The largest absolute Gasteiger partial charge is 0.522 e. The maximum Gasteiger partial charge on any atom is 0.522 e. The number of carbonyl (C=O) groups excluding carboxylic acids is 2. The van der Waals surface area contributed by atoms with Crippen molar-refractivity contribution in [1.29, 1.82) is 0 Å². The van der Waals surface area contributed by atoms with Crippen LogP contribution in [0.2, 0.25) is 5.15 Å². The van der Waals surface area contributed by atoms with Crippen molar-refractivity contribution >= 4 is 34.3 Å². The van der Waals surface area contributed by atoms with Crippen molar-refractivity contribution < 1.29 is 27.5 Å². The van der Waals surface area contributed by atoms with Crippen molar-refractivity contribution in [1.82, 2.24) is 20.2 Å². The Bertz CT molecular complexity index is 870. The average molecular weight is 405 g/mol. The molecule has 0 radical (unpaired) electrons. The van der Waals surface area contributed by atoms with E-state index >= 15 is 0 Å². The highest BCUT2D eigenvalue weighted by Crippen LogP contribution is 2.24. The topological polar surface area (TPSA) is 87.3 Å². The van der Waals surface area contributed by atoms with Gasteiger partial charge in [-0.25, -0.2) is 4.98 Å². The van der Waals surface area contributed by atoms with E-state index in [2.05, 4.69) is 20.0 Å². The number of nitrogens with one attached hydrogen (secondary N) is 2. The number of ether oxygens (including phenoxy) is 1. The van der Waals surface area contributed by atoms with Crippen molar-refractivity contribution in [2.24, 2.45) is 0 Å². The van der Waals surface area contributed by atoms with Gasteiger partial charge in [0.15, 0.2) is 0 Å². The Morgan fingerprint density at radius 1 is 1.44 bits per heavy atom. The maximum atomic E-state index is 12.4. The van der Waals surface area contributed by atoms with E-state index in [-0.39, 0.29) is 30.4 Å². The van der Waals surface area contributed by atoms with Crippen LogP contribution in [-0.2, 0) is 9.53 Å². The Morgan fingerprint density at radius 2 is 2.19 bits per heavy atom. The number of likely N-dealkylation sites (tertiary alicyclic amines) is 1. The van der Waals surface area contributed by atoms with Crippen LogP contribution in [0.25, 0.3) is 10.9 Å². The molecule has 27 heavy (non-hydrogen) atoms. The first kappa shape index (κ1) is 19.4. The zero-order valence-electron chi connectivity index (χ0n) is 14.1. The fourth-order valence-corrected chi connectivity index (χ4v) is 3.12. The molecule has 1 aliphatic rings. The van der Waals surface area contributed by atoms with Gasteiger partial charge in [-0.2, -0.15) is 0 Å². The number of aromatic amines is 1. The molecule has 2 N–H and O–H groups in total. The zero-order chi connectivity index (χ0) is 19.8. The van der Waals surface area contributed by atoms with Crippen LogP contribution in [0.15, 0.2) is 18.3 Å². The normalized spacial score (nSPS) is 18.7. The number of alkyl halides is 3. The van der Waals surface area contributed by atoms with E-state index in [1.165, 1.54) is 18.0 Å².